The van der Waals surface area contributed by atoms with Gasteiger partial charge in [0.2, 0.25) is 0 Å². The molecule has 0 aromatic carbocycles. The molecule has 0 saturated carbocycles. The standard InChI is InChI=1S/C9H11N3OS/c1-6-8(4-11-12(6)2)9-10-3-7(5-13)14-9/h3-4,13H,5H2,1-2H3. The average molecular weight is 209 g/mol. The Labute approximate surface area is 85.8 Å². The molecule has 74 valence electrons. The van der Waals surface area contributed by atoms with Crippen LogP contribution in [0.4, 0.5) is 0 Å². The minimum absolute atomic E-state index is 0.0526. The molecule has 0 bridgehead atoms. The third-order valence-electron chi connectivity index (χ3n) is 2.18. The van der Waals surface area contributed by atoms with Gasteiger partial charge in [0.25, 0.3) is 0 Å². The Morgan fingerprint density at radius 1 is 1.50 bits per heavy atom. The van der Waals surface area contributed by atoms with Crippen molar-refractivity contribution in [3.8, 4) is 10.6 Å². The van der Waals surface area contributed by atoms with Crippen LogP contribution in [0, 0.1) is 6.92 Å². The van der Waals surface area contributed by atoms with Gasteiger partial charge in [-0.15, -0.1) is 11.3 Å². The molecule has 0 unspecified atom stereocenters. The fourth-order valence-corrected chi connectivity index (χ4v) is 2.05. The number of nitrogens with zero attached hydrogens (tertiary/aromatic N) is 3. The van der Waals surface area contributed by atoms with E-state index in [9.17, 15) is 0 Å². The fraction of sp³-hybridized carbons (Fsp3) is 0.333. The molecule has 0 saturated heterocycles. The molecule has 2 rings (SSSR count). The van der Waals surface area contributed by atoms with Crippen molar-refractivity contribution < 1.29 is 5.11 Å². The van der Waals surface area contributed by atoms with Crippen molar-refractivity contribution in [2.75, 3.05) is 0 Å². The smallest absolute Gasteiger partial charge is 0.127 e. The summed E-state index contributed by atoms with van der Waals surface area (Å²) in [6.07, 6.45) is 3.50. The summed E-state index contributed by atoms with van der Waals surface area (Å²) in [4.78, 5) is 5.11. The topological polar surface area (TPSA) is 50.9 Å². The van der Waals surface area contributed by atoms with E-state index in [-0.39, 0.29) is 6.61 Å². The van der Waals surface area contributed by atoms with Crippen LogP contribution in [-0.2, 0) is 13.7 Å². The van der Waals surface area contributed by atoms with Crippen LogP contribution in [0.2, 0.25) is 0 Å². The van der Waals surface area contributed by atoms with E-state index < -0.39 is 0 Å². The van der Waals surface area contributed by atoms with Crippen LogP contribution in [0.15, 0.2) is 12.4 Å². The van der Waals surface area contributed by atoms with Crippen molar-refractivity contribution in [2.24, 2.45) is 7.05 Å². The fourth-order valence-electron chi connectivity index (χ4n) is 1.21. The minimum Gasteiger partial charge on any atom is -0.391 e. The highest BCUT2D eigenvalue weighted by molar-refractivity contribution is 7.15. The Morgan fingerprint density at radius 2 is 2.29 bits per heavy atom. The molecule has 0 spiro atoms. The summed E-state index contributed by atoms with van der Waals surface area (Å²) in [5.41, 5.74) is 2.13. The zero-order valence-electron chi connectivity index (χ0n) is 8.06. The molecule has 2 aromatic rings. The van der Waals surface area contributed by atoms with Crippen molar-refractivity contribution in [3.63, 3.8) is 0 Å². The highest BCUT2D eigenvalue weighted by Gasteiger charge is 2.10. The van der Waals surface area contributed by atoms with E-state index in [1.54, 1.807) is 12.4 Å². The van der Waals surface area contributed by atoms with Gasteiger partial charge in [-0.25, -0.2) is 4.98 Å². The third-order valence-corrected chi connectivity index (χ3v) is 3.19. The molecule has 0 aliphatic carbocycles. The van der Waals surface area contributed by atoms with Gasteiger partial charge in [0.05, 0.1) is 23.2 Å². The van der Waals surface area contributed by atoms with Crippen molar-refractivity contribution >= 4 is 11.3 Å². The second-order valence-corrected chi connectivity index (χ2v) is 4.17. The molecule has 0 amide bonds. The molecule has 0 fully saturated rings. The van der Waals surface area contributed by atoms with Crippen molar-refractivity contribution in [1.29, 1.82) is 0 Å². The first kappa shape index (κ1) is 9.36. The molecule has 2 aromatic heterocycles. The van der Waals surface area contributed by atoms with Gasteiger partial charge in [0, 0.05) is 18.9 Å². The first-order valence-corrected chi connectivity index (χ1v) is 5.08. The Hall–Kier alpha value is -1.20. The van der Waals surface area contributed by atoms with Crippen molar-refractivity contribution in [2.45, 2.75) is 13.5 Å². The summed E-state index contributed by atoms with van der Waals surface area (Å²) in [5, 5.41) is 14.0. The summed E-state index contributed by atoms with van der Waals surface area (Å²) < 4.78 is 1.81. The molecule has 14 heavy (non-hydrogen) atoms. The minimum atomic E-state index is 0.0526. The number of aliphatic hydroxyl groups is 1. The maximum atomic E-state index is 8.92. The molecule has 2 heterocycles. The maximum Gasteiger partial charge on any atom is 0.127 e. The molecule has 0 aliphatic rings. The van der Waals surface area contributed by atoms with Gasteiger partial charge in [-0.05, 0) is 6.92 Å². The van der Waals surface area contributed by atoms with Gasteiger partial charge in [0.1, 0.15) is 5.01 Å². The average Bonchev–Trinajstić information content (AvgIpc) is 2.75. The largest absolute Gasteiger partial charge is 0.391 e. The number of hydrogen-bond acceptors (Lipinski definition) is 4. The predicted molar refractivity (Wildman–Crippen MR) is 55.0 cm³/mol. The number of aromatic nitrogens is 3. The summed E-state index contributed by atoms with van der Waals surface area (Å²) in [6, 6.07) is 0. The number of rotatable bonds is 2. The molecule has 5 heteroatoms. The maximum absolute atomic E-state index is 8.92. The number of aryl methyl sites for hydroxylation is 1. The van der Waals surface area contributed by atoms with Gasteiger partial charge < -0.3 is 5.11 Å². The number of aliphatic hydroxyl groups excluding tert-OH is 1. The Morgan fingerprint density at radius 3 is 2.79 bits per heavy atom. The highest BCUT2D eigenvalue weighted by Crippen LogP contribution is 2.27. The lowest BCUT2D eigenvalue weighted by atomic mass is 10.3. The Bertz CT molecular complexity index is 447. The molecular weight excluding hydrogens is 198 g/mol. The second-order valence-electron chi connectivity index (χ2n) is 3.06. The molecule has 0 atom stereocenters. The normalized spacial score (nSPS) is 10.8. The van der Waals surface area contributed by atoms with Crippen LogP contribution in [0.1, 0.15) is 10.6 Å². The zero-order valence-corrected chi connectivity index (χ0v) is 8.88. The lowest BCUT2D eigenvalue weighted by molar-refractivity contribution is 0.285. The summed E-state index contributed by atoms with van der Waals surface area (Å²) >= 11 is 1.50. The van der Waals surface area contributed by atoms with Gasteiger partial charge in [-0.1, -0.05) is 0 Å². The Kier molecular flexibility index (Phi) is 2.35. The van der Waals surface area contributed by atoms with Crippen molar-refractivity contribution in [3.05, 3.63) is 23.0 Å². The van der Waals surface area contributed by atoms with Gasteiger partial charge >= 0.3 is 0 Å². The van der Waals surface area contributed by atoms with Crippen LogP contribution >= 0.6 is 11.3 Å². The molecule has 1 N–H and O–H groups in total. The Balaban J connectivity index is 2.44. The SMILES string of the molecule is Cc1c(-c2ncc(CO)s2)cnn1C. The van der Waals surface area contributed by atoms with E-state index in [1.165, 1.54) is 11.3 Å². The van der Waals surface area contributed by atoms with Gasteiger partial charge in [0.15, 0.2) is 0 Å². The van der Waals surface area contributed by atoms with Crippen LogP contribution in [0.5, 0.6) is 0 Å². The predicted octanol–water partition coefficient (Wildman–Crippen LogP) is 1.34. The number of thiazole rings is 1. The molecule has 0 radical (unpaired) electrons. The zero-order chi connectivity index (χ0) is 10.1. The highest BCUT2D eigenvalue weighted by atomic mass is 32.1. The first-order valence-electron chi connectivity index (χ1n) is 4.27. The summed E-state index contributed by atoms with van der Waals surface area (Å²) in [6.45, 7) is 2.05. The van der Waals surface area contributed by atoms with Crippen LogP contribution < -0.4 is 0 Å². The molecular formula is C9H11N3OS. The van der Waals surface area contributed by atoms with Crippen molar-refractivity contribution in [1.82, 2.24) is 14.8 Å². The number of hydrogen-bond donors (Lipinski definition) is 1. The van der Waals surface area contributed by atoms with E-state index in [1.807, 2.05) is 18.7 Å². The lowest BCUT2D eigenvalue weighted by Crippen LogP contribution is -1.92. The summed E-state index contributed by atoms with van der Waals surface area (Å²) in [5.74, 6) is 0. The summed E-state index contributed by atoms with van der Waals surface area (Å²) in [7, 11) is 1.90. The van der Waals surface area contributed by atoms with E-state index in [2.05, 4.69) is 10.1 Å². The van der Waals surface area contributed by atoms with Gasteiger partial charge in [-0.3, -0.25) is 4.68 Å². The second kappa shape index (κ2) is 3.51. The van der Waals surface area contributed by atoms with E-state index in [0.717, 1.165) is 21.1 Å². The van der Waals surface area contributed by atoms with E-state index in [0.29, 0.717) is 0 Å². The first-order chi connectivity index (χ1) is 6.72. The molecule has 0 aliphatic heterocycles. The monoisotopic (exact) mass is 209 g/mol. The van der Waals surface area contributed by atoms with Gasteiger partial charge in [-0.2, -0.15) is 5.10 Å². The quantitative estimate of drug-likeness (QED) is 0.812. The van der Waals surface area contributed by atoms with Crippen LogP contribution in [-0.4, -0.2) is 19.9 Å². The van der Waals surface area contributed by atoms with E-state index >= 15 is 0 Å². The van der Waals surface area contributed by atoms with Crippen LogP contribution in [0.3, 0.4) is 0 Å². The van der Waals surface area contributed by atoms with E-state index in [4.69, 9.17) is 5.11 Å². The third kappa shape index (κ3) is 1.44. The van der Waals surface area contributed by atoms with Crippen LogP contribution in [0.25, 0.3) is 10.6 Å². The molecule has 4 nitrogen and oxygen atoms in total. The lowest BCUT2D eigenvalue weighted by Gasteiger charge is -1.95.